The number of hydrogen-bond donors (Lipinski definition) is 2. The fourth-order valence-corrected chi connectivity index (χ4v) is 2.11. The number of urea groups is 1. The van der Waals surface area contributed by atoms with E-state index in [0.29, 0.717) is 13.0 Å². The number of nitrogens with one attached hydrogen (secondary N) is 1. The molecule has 5 nitrogen and oxygen atoms in total. The quantitative estimate of drug-likeness (QED) is 0.606. The molecule has 5 heteroatoms. The van der Waals surface area contributed by atoms with E-state index < -0.39 is 12.0 Å². The van der Waals surface area contributed by atoms with Gasteiger partial charge in [0.2, 0.25) is 0 Å². The molecular weight excluding hydrogens is 256 g/mol. The Morgan fingerprint density at radius 2 is 1.75 bits per heavy atom. The topological polar surface area (TPSA) is 69.6 Å². The van der Waals surface area contributed by atoms with Gasteiger partial charge >= 0.3 is 12.0 Å². The summed E-state index contributed by atoms with van der Waals surface area (Å²) >= 11 is 0. The maximum absolute atomic E-state index is 11.8. The highest BCUT2D eigenvalue weighted by atomic mass is 16.4. The molecule has 2 amide bonds. The second-order valence-corrected chi connectivity index (χ2v) is 5.70. The first-order valence-electron chi connectivity index (χ1n) is 7.63. The molecule has 0 aromatic rings. The van der Waals surface area contributed by atoms with Gasteiger partial charge in [-0.2, -0.15) is 0 Å². The molecular formula is C15H30N2O3. The number of rotatable bonds is 10. The number of amides is 2. The number of carboxylic acids is 1. The predicted octanol–water partition coefficient (Wildman–Crippen LogP) is 3.10. The molecule has 0 heterocycles. The second-order valence-electron chi connectivity index (χ2n) is 5.70. The van der Waals surface area contributed by atoms with Crippen molar-refractivity contribution in [3.05, 3.63) is 0 Å². The number of unbranched alkanes of at least 4 members (excludes halogenated alkanes) is 3. The minimum absolute atomic E-state index is 0.304. The largest absolute Gasteiger partial charge is 0.480 e. The van der Waals surface area contributed by atoms with Crippen molar-refractivity contribution >= 4 is 12.0 Å². The van der Waals surface area contributed by atoms with Crippen molar-refractivity contribution in [3.8, 4) is 0 Å². The number of carboxylic acid groups (broad SMARTS) is 1. The van der Waals surface area contributed by atoms with Gasteiger partial charge in [0.25, 0.3) is 0 Å². The molecule has 0 fully saturated rings. The molecule has 118 valence electrons. The molecule has 0 rings (SSSR count). The maximum atomic E-state index is 11.8. The third kappa shape index (κ3) is 8.02. The van der Waals surface area contributed by atoms with E-state index in [-0.39, 0.29) is 6.03 Å². The Hall–Kier alpha value is -1.26. The van der Waals surface area contributed by atoms with Crippen LogP contribution in [0.3, 0.4) is 0 Å². The zero-order valence-corrected chi connectivity index (χ0v) is 13.3. The molecule has 0 aliphatic heterocycles. The van der Waals surface area contributed by atoms with Crippen LogP contribution in [-0.4, -0.2) is 41.6 Å². The summed E-state index contributed by atoms with van der Waals surface area (Å²) in [5.41, 5.74) is 0. The van der Waals surface area contributed by atoms with E-state index in [1.807, 2.05) is 0 Å². The Bertz CT molecular complexity index is 293. The van der Waals surface area contributed by atoms with E-state index in [1.165, 1.54) is 31.2 Å². The highest BCUT2D eigenvalue weighted by Gasteiger charge is 2.24. The number of likely N-dealkylation sites (N-methyl/N-ethyl adjacent to an activating group) is 1. The summed E-state index contributed by atoms with van der Waals surface area (Å²) in [4.78, 5) is 24.0. The molecule has 0 aliphatic carbocycles. The smallest absolute Gasteiger partial charge is 0.326 e. The zero-order valence-electron chi connectivity index (χ0n) is 13.3. The van der Waals surface area contributed by atoms with Crippen LogP contribution in [0.1, 0.15) is 59.3 Å². The van der Waals surface area contributed by atoms with Crippen LogP contribution in [0.2, 0.25) is 0 Å². The SMILES string of the molecule is CCC(C(=O)O)N(C)C(=O)NCCCCCCC(C)C. The highest BCUT2D eigenvalue weighted by Crippen LogP contribution is 2.09. The molecule has 0 aromatic heterocycles. The van der Waals surface area contributed by atoms with Gasteiger partial charge in [0, 0.05) is 13.6 Å². The summed E-state index contributed by atoms with van der Waals surface area (Å²) in [6.07, 6.45) is 6.15. The van der Waals surface area contributed by atoms with Gasteiger partial charge in [0.1, 0.15) is 6.04 Å². The number of nitrogens with zero attached hydrogens (tertiary/aromatic N) is 1. The summed E-state index contributed by atoms with van der Waals surface area (Å²) in [6, 6.07) is -1.05. The fourth-order valence-electron chi connectivity index (χ4n) is 2.11. The fraction of sp³-hybridized carbons (Fsp3) is 0.867. The molecule has 0 bridgehead atoms. The third-order valence-corrected chi connectivity index (χ3v) is 3.44. The van der Waals surface area contributed by atoms with E-state index >= 15 is 0 Å². The number of aliphatic carboxylic acids is 1. The van der Waals surface area contributed by atoms with Gasteiger partial charge in [0.15, 0.2) is 0 Å². The Morgan fingerprint density at radius 1 is 1.15 bits per heavy atom. The van der Waals surface area contributed by atoms with E-state index in [1.54, 1.807) is 6.92 Å². The second kappa shape index (κ2) is 10.5. The molecule has 1 atom stereocenters. The zero-order chi connectivity index (χ0) is 15.5. The van der Waals surface area contributed by atoms with Gasteiger partial charge in [-0.1, -0.05) is 46.5 Å². The first kappa shape index (κ1) is 18.7. The average Bonchev–Trinajstić information content (AvgIpc) is 2.37. The van der Waals surface area contributed by atoms with Crippen LogP contribution in [0.15, 0.2) is 0 Å². The van der Waals surface area contributed by atoms with Crippen LogP contribution in [0.4, 0.5) is 4.79 Å². The van der Waals surface area contributed by atoms with Gasteiger partial charge < -0.3 is 15.3 Å². The molecule has 20 heavy (non-hydrogen) atoms. The van der Waals surface area contributed by atoms with Crippen molar-refractivity contribution in [2.75, 3.05) is 13.6 Å². The lowest BCUT2D eigenvalue weighted by Crippen LogP contribution is -2.47. The predicted molar refractivity (Wildman–Crippen MR) is 80.8 cm³/mol. The summed E-state index contributed by atoms with van der Waals surface area (Å²) < 4.78 is 0. The molecule has 0 radical (unpaired) electrons. The van der Waals surface area contributed by atoms with E-state index in [4.69, 9.17) is 5.11 Å². The first-order chi connectivity index (χ1) is 9.40. The van der Waals surface area contributed by atoms with Crippen molar-refractivity contribution in [2.45, 2.75) is 65.3 Å². The normalized spacial score (nSPS) is 12.2. The van der Waals surface area contributed by atoms with Gasteiger partial charge in [-0.15, -0.1) is 0 Å². The minimum atomic E-state index is -0.959. The van der Waals surface area contributed by atoms with Gasteiger partial charge in [-0.3, -0.25) is 0 Å². The van der Waals surface area contributed by atoms with Gasteiger partial charge in [-0.05, 0) is 18.8 Å². The van der Waals surface area contributed by atoms with Crippen molar-refractivity contribution in [1.29, 1.82) is 0 Å². The third-order valence-electron chi connectivity index (χ3n) is 3.44. The number of carbonyl (C=O) groups excluding carboxylic acids is 1. The van der Waals surface area contributed by atoms with E-state index in [0.717, 1.165) is 18.8 Å². The summed E-state index contributed by atoms with van der Waals surface area (Å²) in [7, 11) is 1.53. The van der Waals surface area contributed by atoms with Crippen LogP contribution < -0.4 is 5.32 Å². The molecule has 1 unspecified atom stereocenters. The Labute approximate surface area is 122 Å². The summed E-state index contributed by atoms with van der Waals surface area (Å²) in [6.45, 7) is 6.82. The molecule has 0 saturated heterocycles. The van der Waals surface area contributed by atoms with Crippen LogP contribution in [0.25, 0.3) is 0 Å². The summed E-state index contributed by atoms with van der Waals surface area (Å²) in [5.74, 6) is -0.204. The number of carbonyl (C=O) groups is 2. The summed E-state index contributed by atoms with van der Waals surface area (Å²) in [5, 5.41) is 11.8. The maximum Gasteiger partial charge on any atom is 0.326 e. The highest BCUT2D eigenvalue weighted by molar-refractivity contribution is 5.82. The van der Waals surface area contributed by atoms with Crippen LogP contribution >= 0.6 is 0 Å². The molecule has 2 N–H and O–H groups in total. The molecule has 0 aromatic carbocycles. The van der Waals surface area contributed by atoms with Crippen molar-refractivity contribution in [1.82, 2.24) is 10.2 Å². The average molecular weight is 286 g/mol. The Balaban J connectivity index is 3.74. The van der Waals surface area contributed by atoms with Crippen molar-refractivity contribution in [2.24, 2.45) is 5.92 Å². The van der Waals surface area contributed by atoms with Crippen molar-refractivity contribution < 1.29 is 14.7 Å². The molecule has 0 spiro atoms. The lowest BCUT2D eigenvalue weighted by Gasteiger charge is -2.24. The number of hydrogen-bond acceptors (Lipinski definition) is 2. The van der Waals surface area contributed by atoms with E-state index in [9.17, 15) is 9.59 Å². The minimum Gasteiger partial charge on any atom is -0.480 e. The van der Waals surface area contributed by atoms with Gasteiger partial charge in [0.05, 0.1) is 0 Å². The molecule has 0 saturated carbocycles. The van der Waals surface area contributed by atoms with Crippen LogP contribution in [-0.2, 0) is 4.79 Å². The van der Waals surface area contributed by atoms with E-state index in [2.05, 4.69) is 19.2 Å². The van der Waals surface area contributed by atoms with Crippen molar-refractivity contribution in [3.63, 3.8) is 0 Å². The Morgan fingerprint density at radius 3 is 2.25 bits per heavy atom. The standard InChI is InChI=1S/C15H30N2O3/c1-5-13(14(18)19)17(4)15(20)16-11-9-7-6-8-10-12(2)3/h12-13H,5-11H2,1-4H3,(H,16,20)(H,18,19). The lowest BCUT2D eigenvalue weighted by atomic mass is 10.0. The van der Waals surface area contributed by atoms with Gasteiger partial charge in [-0.25, -0.2) is 9.59 Å². The molecule has 0 aliphatic rings. The first-order valence-corrected chi connectivity index (χ1v) is 7.63. The van der Waals surface area contributed by atoms with Crippen LogP contribution in [0.5, 0.6) is 0 Å². The Kier molecular flexibility index (Phi) is 9.86. The lowest BCUT2D eigenvalue weighted by molar-refractivity contribution is -0.141. The van der Waals surface area contributed by atoms with Crippen LogP contribution in [0, 0.1) is 5.92 Å². The monoisotopic (exact) mass is 286 g/mol.